The molecular formula is C17H26N2O2. The highest BCUT2D eigenvalue weighted by Crippen LogP contribution is 2.32. The van der Waals surface area contributed by atoms with Crippen LogP contribution in [0.2, 0.25) is 0 Å². The molecule has 1 N–H and O–H groups in total. The maximum absolute atomic E-state index is 10.8. The van der Waals surface area contributed by atoms with Crippen molar-refractivity contribution < 1.29 is 4.92 Å². The number of benzene rings is 1. The fourth-order valence-corrected chi connectivity index (χ4v) is 3.45. The number of hydrogen-bond acceptors (Lipinski definition) is 3. The van der Waals surface area contributed by atoms with Crippen LogP contribution in [0, 0.1) is 28.9 Å². The molecule has 0 heterocycles. The van der Waals surface area contributed by atoms with Crippen molar-refractivity contribution in [2.24, 2.45) is 11.8 Å². The van der Waals surface area contributed by atoms with E-state index in [1.165, 1.54) is 32.1 Å². The molecule has 1 aromatic carbocycles. The molecule has 0 radical (unpaired) electrons. The van der Waals surface area contributed by atoms with Crippen LogP contribution in [0.5, 0.6) is 0 Å². The number of rotatable bonds is 5. The van der Waals surface area contributed by atoms with Crippen molar-refractivity contribution in [3.8, 4) is 0 Å². The number of nitrogens with zero attached hydrogens (tertiary/aromatic N) is 1. The molecule has 1 saturated carbocycles. The van der Waals surface area contributed by atoms with Crippen LogP contribution >= 0.6 is 0 Å². The summed E-state index contributed by atoms with van der Waals surface area (Å²) in [6, 6.07) is 5.59. The highest BCUT2D eigenvalue weighted by molar-refractivity contribution is 5.55. The summed E-state index contributed by atoms with van der Waals surface area (Å²) in [6.07, 6.45) is 6.34. The van der Waals surface area contributed by atoms with Crippen molar-refractivity contribution in [1.29, 1.82) is 0 Å². The summed E-state index contributed by atoms with van der Waals surface area (Å²) in [7, 11) is 0. The molecule has 0 saturated heterocycles. The molecule has 0 amide bonds. The molecule has 116 valence electrons. The van der Waals surface area contributed by atoms with E-state index in [-0.39, 0.29) is 10.6 Å². The largest absolute Gasteiger partial charge is 0.382 e. The smallest absolute Gasteiger partial charge is 0.269 e. The summed E-state index contributed by atoms with van der Waals surface area (Å²) in [4.78, 5) is 10.4. The van der Waals surface area contributed by atoms with E-state index in [0.717, 1.165) is 23.1 Å². The number of nitrogens with one attached hydrogen (secondary N) is 1. The topological polar surface area (TPSA) is 55.2 Å². The Morgan fingerprint density at radius 2 is 2.14 bits per heavy atom. The number of aryl methyl sites for hydroxylation is 1. The lowest BCUT2D eigenvalue weighted by Crippen LogP contribution is -2.28. The van der Waals surface area contributed by atoms with Crippen LogP contribution in [0.3, 0.4) is 0 Å². The first-order chi connectivity index (χ1) is 9.95. The van der Waals surface area contributed by atoms with Gasteiger partial charge >= 0.3 is 0 Å². The molecule has 0 aliphatic heterocycles. The van der Waals surface area contributed by atoms with E-state index in [1.54, 1.807) is 12.1 Å². The zero-order valence-electron chi connectivity index (χ0n) is 13.3. The lowest BCUT2D eigenvalue weighted by atomic mass is 9.81. The molecule has 0 bridgehead atoms. The molecule has 21 heavy (non-hydrogen) atoms. The third-order valence-corrected chi connectivity index (χ3v) is 4.37. The van der Waals surface area contributed by atoms with Crippen LogP contribution < -0.4 is 5.32 Å². The SMILES string of the molecule is Cc1cc([N+](=O)[O-])ccc1NC1CCCC(CC(C)C)C1. The molecule has 2 atom stereocenters. The van der Waals surface area contributed by atoms with Crippen molar-refractivity contribution in [3.05, 3.63) is 33.9 Å². The summed E-state index contributed by atoms with van der Waals surface area (Å²) in [5.74, 6) is 1.57. The van der Waals surface area contributed by atoms with E-state index in [1.807, 2.05) is 13.0 Å². The monoisotopic (exact) mass is 290 g/mol. The van der Waals surface area contributed by atoms with Crippen molar-refractivity contribution in [1.82, 2.24) is 0 Å². The van der Waals surface area contributed by atoms with Gasteiger partial charge in [-0.2, -0.15) is 0 Å². The lowest BCUT2D eigenvalue weighted by Gasteiger charge is -2.31. The van der Waals surface area contributed by atoms with Crippen LogP contribution in [-0.2, 0) is 0 Å². The third-order valence-electron chi connectivity index (χ3n) is 4.37. The molecule has 4 nitrogen and oxygen atoms in total. The zero-order valence-corrected chi connectivity index (χ0v) is 13.3. The lowest BCUT2D eigenvalue weighted by molar-refractivity contribution is -0.384. The molecular weight excluding hydrogens is 264 g/mol. The van der Waals surface area contributed by atoms with E-state index >= 15 is 0 Å². The Bertz CT molecular complexity index is 500. The van der Waals surface area contributed by atoms with Crippen molar-refractivity contribution in [2.45, 2.75) is 58.9 Å². The van der Waals surface area contributed by atoms with Gasteiger partial charge in [0.2, 0.25) is 0 Å². The molecule has 1 fully saturated rings. The predicted octanol–water partition coefficient (Wildman–Crippen LogP) is 4.92. The van der Waals surface area contributed by atoms with Crippen LogP contribution in [0.4, 0.5) is 11.4 Å². The summed E-state index contributed by atoms with van der Waals surface area (Å²) < 4.78 is 0. The van der Waals surface area contributed by atoms with Gasteiger partial charge in [0, 0.05) is 23.9 Å². The first-order valence-electron chi connectivity index (χ1n) is 7.97. The van der Waals surface area contributed by atoms with Gasteiger partial charge in [-0.15, -0.1) is 0 Å². The molecule has 1 aliphatic rings. The van der Waals surface area contributed by atoms with E-state index in [2.05, 4.69) is 19.2 Å². The van der Waals surface area contributed by atoms with Crippen molar-refractivity contribution >= 4 is 11.4 Å². The fourth-order valence-electron chi connectivity index (χ4n) is 3.45. The van der Waals surface area contributed by atoms with Crippen LogP contribution in [0.15, 0.2) is 18.2 Å². The van der Waals surface area contributed by atoms with Gasteiger partial charge in [-0.05, 0) is 49.7 Å². The number of non-ortho nitro benzene ring substituents is 1. The Morgan fingerprint density at radius 1 is 1.38 bits per heavy atom. The molecule has 4 heteroatoms. The quantitative estimate of drug-likeness (QED) is 0.618. The van der Waals surface area contributed by atoms with E-state index in [9.17, 15) is 10.1 Å². The van der Waals surface area contributed by atoms with Crippen molar-refractivity contribution in [2.75, 3.05) is 5.32 Å². The van der Waals surface area contributed by atoms with Gasteiger partial charge in [0.25, 0.3) is 5.69 Å². The number of hydrogen-bond donors (Lipinski definition) is 1. The maximum Gasteiger partial charge on any atom is 0.269 e. The molecule has 2 unspecified atom stereocenters. The Hall–Kier alpha value is -1.58. The average Bonchev–Trinajstić information content (AvgIpc) is 2.40. The second-order valence-corrected chi connectivity index (χ2v) is 6.76. The Labute approximate surface area is 127 Å². The minimum atomic E-state index is -0.337. The number of nitro benzene ring substituents is 1. The number of anilines is 1. The molecule has 2 rings (SSSR count). The Kier molecular flexibility index (Phi) is 5.21. The summed E-state index contributed by atoms with van der Waals surface area (Å²) in [6.45, 7) is 6.51. The van der Waals surface area contributed by atoms with Gasteiger partial charge in [0.15, 0.2) is 0 Å². The maximum atomic E-state index is 10.8. The number of nitro groups is 1. The first-order valence-corrected chi connectivity index (χ1v) is 7.97. The Morgan fingerprint density at radius 3 is 2.76 bits per heavy atom. The van der Waals surface area contributed by atoms with Gasteiger partial charge < -0.3 is 5.32 Å². The highest BCUT2D eigenvalue weighted by atomic mass is 16.6. The zero-order chi connectivity index (χ0) is 15.4. The standard InChI is InChI=1S/C17H26N2O2/c1-12(2)9-14-5-4-6-15(11-14)18-17-8-7-16(19(20)21)10-13(17)3/h7-8,10,12,14-15,18H,4-6,9,11H2,1-3H3. The molecule has 1 aromatic rings. The average molecular weight is 290 g/mol. The van der Waals surface area contributed by atoms with Gasteiger partial charge in [-0.25, -0.2) is 0 Å². The van der Waals surface area contributed by atoms with Crippen molar-refractivity contribution in [3.63, 3.8) is 0 Å². The van der Waals surface area contributed by atoms with Crippen LogP contribution in [0.1, 0.15) is 51.5 Å². The molecule has 0 aromatic heterocycles. The van der Waals surface area contributed by atoms with E-state index in [0.29, 0.717) is 6.04 Å². The fraction of sp³-hybridized carbons (Fsp3) is 0.647. The van der Waals surface area contributed by atoms with E-state index in [4.69, 9.17) is 0 Å². The minimum Gasteiger partial charge on any atom is -0.382 e. The predicted molar refractivity (Wildman–Crippen MR) is 86.7 cm³/mol. The van der Waals surface area contributed by atoms with Crippen LogP contribution in [-0.4, -0.2) is 11.0 Å². The van der Waals surface area contributed by atoms with Gasteiger partial charge in [-0.1, -0.05) is 26.7 Å². The highest BCUT2D eigenvalue weighted by Gasteiger charge is 2.23. The van der Waals surface area contributed by atoms with Gasteiger partial charge in [-0.3, -0.25) is 10.1 Å². The Balaban J connectivity index is 1.99. The summed E-state index contributed by atoms with van der Waals surface area (Å²) in [5, 5.41) is 14.4. The third kappa shape index (κ3) is 4.45. The second-order valence-electron chi connectivity index (χ2n) is 6.76. The normalized spacial score (nSPS) is 22.3. The first kappa shape index (κ1) is 15.8. The second kappa shape index (κ2) is 6.92. The minimum absolute atomic E-state index is 0.166. The van der Waals surface area contributed by atoms with Crippen LogP contribution in [0.25, 0.3) is 0 Å². The molecule has 1 aliphatic carbocycles. The molecule has 0 spiro atoms. The van der Waals surface area contributed by atoms with Gasteiger partial charge in [0.1, 0.15) is 0 Å². The summed E-state index contributed by atoms with van der Waals surface area (Å²) >= 11 is 0. The van der Waals surface area contributed by atoms with Gasteiger partial charge in [0.05, 0.1) is 4.92 Å². The summed E-state index contributed by atoms with van der Waals surface area (Å²) in [5.41, 5.74) is 2.16. The van der Waals surface area contributed by atoms with E-state index < -0.39 is 0 Å².